The smallest absolute Gasteiger partial charge is 0.341 e. The van der Waals surface area contributed by atoms with Crippen LogP contribution in [0.2, 0.25) is 10.0 Å². The zero-order chi connectivity index (χ0) is 26.0. The van der Waals surface area contributed by atoms with Gasteiger partial charge in [0, 0.05) is 20.5 Å². The van der Waals surface area contributed by atoms with Gasteiger partial charge in [-0.3, -0.25) is 4.68 Å². The van der Waals surface area contributed by atoms with E-state index in [1.165, 1.54) is 18.4 Å². The quantitative estimate of drug-likeness (QED) is 0.189. The zero-order valence-corrected chi connectivity index (χ0v) is 23.3. The molecule has 2 aromatic carbocycles. The molecule has 0 saturated heterocycles. The van der Waals surface area contributed by atoms with E-state index in [-0.39, 0.29) is 0 Å². The maximum Gasteiger partial charge on any atom is 0.341 e. The molecule has 4 aromatic rings. The number of aromatic nitrogens is 2. The number of thiophene rings is 1. The molecule has 2 N–H and O–H groups in total. The van der Waals surface area contributed by atoms with Gasteiger partial charge in [-0.1, -0.05) is 59.6 Å². The largest absolute Gasteiger partial charge is 0.465 e. The van der Waals surface area contributed by atoms with Gasteiger partial charge in [0.15, 0.2) is 5.11 Å². The molecule has 0 saturated carbocycles. The molecule has 10 heteroatoms. The summed E-state index contributed by atoms with van der Waals surface area (Å²) in [6.07, 6.45) is 0. The van der Waals surface area contributed by atoms with Crippen LogP contribution in [0.1, 0.15) is 32.2 Å². The van der Waals surface area contributed by atoms with E-state index in [0.717, 1.165) is 38.6 Å². The maximum absolute atomic E-state index is 12.8. The second kappa shape index (κ2) is 11.0. The van der Waals surface area contributed by atoms with Crippen molar-refractivity contribution in [2.24, 2.45) is 0 Å². The molecule has 186 valence electrons. The average molecular weight is 560 g/mol. The third-order valence-corrected chi connectivity index (χ3v) is 7.53. The van der Waals surface area contributed by atoms with Crippen molar-refractivity contribution >= 4 is 68.5 Å². The van der Waals surface area contributed by atoms with Gasteiger partial charge in [0.1, 0.15) is 10.6 Å². The van der Waals surface area contributed by atoms with E-state index < -0.39 is 5.97 Å². The number of hydrogen-bond acceptors (Lipinski definition) is 5. The molecule has 6 nitrogen and oxygen atoms in total. The number of hydrogen-bond donors (Lipinski definition) is 2. The first kappa shape index (κ1) is 26.2. The van der Waals surface area contributed by atoms with E-state index in [9.17, 15) is 4.79 Å². The summed E-state index contributed by atoms with van der Waals surface area (Å²) >= 11 is 19.5. The Labute approximate surface area is 229 Å². The minimum atomic E-state index is -0.427. The molecule has 0 spiro atoms. The summed E-state index contributed by atoms with van der Waals surface area (Å²) in [7, 11) is 1.37. The van der Waals surface area contributed by atoms with Crippen LogP contribution in [-0.4, -0.2) is 28.0 Å². The number of halogens is 2. The Hall–Kier alpha value is -2.91. The predicted octanol–water partition coefficient (Wildman–Crippen LogP) is 7.49. The molecule has 0 atom stereocenters. The van der Waals surface area contributed by atoms with Crippen molar-refractivity contribution in [3.63, 3.8) is 0 Å². The standard InChI is InChI=1S/C26H24Cl2N4O2S2/c1-14-23(15(2)32(31-14)13-18-10-11-19(27)12-20(18)28)29-26(35)30-24-22(25(33)34-4)21(16(3)36-24)17-8-6-5-7-9-17/h5-12H,13H2,1-4H3,(H2,29,30,35). The molecule has 0 amide bonds. The topological polar surface area (TPSA) is 68.2 Å². The molecule has 0 aliphatic rings. The Morgan fingerprint density at radius 2 is 1.83 bits per heavy atom. The summed E-state index contributed by atoms with van der Waals surface area (Å²) in [4.78, 5) is 13.7. The number of carbonyl (C=O) groups excluding carboxylic acids is 1. The highest BCUT2D eigenvalue weighted by Crippen LogP contribution is 2.40. The van der Waals surface area contributed by atoms with Gasteiger partial charge in [0.05, 0.1) is 30.7 Å². The lowest BCUT2D eigenvalue weighted by Gasteiger charge is -2.12. The number of ether oxygens (including phenoxy) is 1. The van der Waals surface area contributed by atoms with E-state index in [0.29, 0.717) is 32.3 Å². The number of esters is 1. The molecule has 0 bridgehead atoms. The highest BCUT2D eigenvalue weighted by molar-refractivity contribution is 7.80. The van der Waals surface area contributed by atoms with Crippen LogP contribution in [0.4, 0.5) is 10.7 Å². The first-order valence-corrected chi connectivity index (χ1v) is 13.0. The Morgan fingerprint density at radius 3 is 2.50 bits per heavy atom. The summed E-state index contributed by atoms with van der Waals surface area (Å²) < 4.78 is 6.96. The number of nitrogens with zero attached hydrogens (tertiary/aromatic N) is 2. The van der Waals surface area contributed by atoms with Crippen molar-refractivity contribution in [1.82, 2.24) is 9.78 Å². The van der Waals surface area contributed by atoms with Crippen LogP contribution in [0.5, 0.6) is 0 Å². The summed E-state index contributed by atoms with van der Waals surface area (Å²) in [6.45, 7) is 6.32. The van der Waals surface area contributed by atoms with Crippen LogP contribution >= 0.6 is 46.8 Å². The van der Waals surface area contributed by atoms with Crippen LogP contribution in [0.25, 0.3) is 11.1 Å². The van der Waals surface area contributed by atoms with E-state index in [4.69, 9.17) is 40.2 Å². The van der Waals surface area contributed by atoms with E-state index in [1.807, 2.05) is 61.9 Å². The van der Waals surface area contributed by atoms with Gasteiger partial charge in [-0.2, -0.15) is 5.10 Å². The minimum absolute atomic E-state index is 0.344. The lowest BCUT2D eigenvalue weighted by molar-refractivity contribution is 0.0603. The normalized spacial score (nSPS) is 10.8. The molecular formula is C26H24Cl2N4O2S2. The van der Waals surface area contributed by atoms with E-state index in [2.05, 4.69) is 15.7 Å². The van der Waals surface area contributed by atoms with Gasteiger partial charge in [-0.05, 0) is 56.2 Å². The van der Waals surface area contributed by atoms with Gasteiger partial charge in [0.2, 0.25) is 0 Å². The van der Waals surface area contributed by atoms with Gasteiger partial charge in [-0.25, -0.2) is 4.79 Å². The molecule has 2 heterocycles. The van der Waals surface area contributed by atoms with Crippen LogP contribution in [0.3, 0.4) is 0 Å². The summed E-state index contributed by atoms with van der Waals surface area (Å²) in [6, 6.07) is 15.2. The third kappa shape index (κ3) is 5.42. The van der Waals surface area contributed by atoms with Crippen molar-refractivity contribution in [3.8, 4) is 11.1 Å². The summed E-state index contributed by atoms with van der Waals surface area (Å²) in [5.74, 6) is -0.427. The number of rotatable bonds is 6. The summed E-state index contributed by atoms with van der Waals surface area (Å²) in [5, 5.41) is 13.2. The number of thiocarbonyl (C=S) groups is 1. The SMILES string of the molecule is COC(=O)c1c(NC(=S)Nc2c(C)nn(Cc3ccc(Cl)cc3Cl)c2C)sc(C)c1-c1ccccc1. The Balaban J connectivity index is 1.59. The number of anilines is 2. The molecule has 0 aliphatic carbocycles. The van der Waals surface area contributed by atoms with Crippen molar-refractivity contribution in [2.45, 2.75) is 27.3 Å². The van der Waals surface area contributed by atoms with Crippen molar-refractivity contribution in [3.05, 3.63) is 86.0 Å². The fourth-order valence-electron chi connectivity index (χ4n) is 3.97. The maximum atomic E-state index is 12.8. The van der Waals surface area contributed by atoms with Gasteiger partial charge in [-0.15, -0.1) is 11.3 Å². The Morgan fingerprint density at radius 1 is 1.11 bits per heavy atom. The molecule has 0 unspecified atom stereocenters. The lowest BCUT2D eigenvalue weighted by Crippen LogP contribution is -2.21. The van der Waals surface area contributed by atoms with Crippen LogP contribution in [-0.2, 0) is 11.3 Å². The second-order valence-corrected chi connectivity index (χ2v) is 10.6. The number of benzene rings is 2. The van der Waals surface area contributed by atoms with E-state index in [1.54, 1.807) is 12.1 Å². The first-order valence-electron chi connectivity index (χ1n) is 11.0. The molecular weight excluding hydrogens is 535 g/mol. The lowest BCUT2D eigenvalue weighted by atomic mass is 10.0. The van der Waals surface area contributed by atoms with Gasteiger partial charge >= 0.3 is 5.97 Å². The molecule has 36 heavy (non-hydrogen) atoms. The number of methoxy groups -OCH3 is 1. The number of carbonyl (C=O) groups is 1. The highest BCUT2D eigenvalue weighted by atomic mass is 35.5. The van der Waals surface area contributed by atoms with Crippen molar-refractivity contribution in [1.29, 1.82) is 0 Å². The molecule has 2 aromatic heterocycles. The fraction of sp³-hybridized carbons (Fsp3) is 0.192. The third-order valence-electron chi connectivity index (χ3n) is 5.72. The number of nitrogens with one attached hydrogen (secondary N) is 2. The van der Waals surface area contributed by atoms with Crippen molar-refractivity contribution in [2.75, 3.05) is 17.7 Å². The molecule has 4 rings (SSSR count). The molecule has 0 radical (unpaired) electrons. The van der Waals surface area contributed by atoms with E-state index >= 15 is 0 Å². The number of aryl methyl sites for hydroxylation is 2. The average Bonchev–Trinajstić information content (AvgIpc) is 3.31. The summed E-state index contributed by atoms with van der Waals surface area (Å²) in [5.41, 5.74) is 5.59. The first-order chi connectivity index (χ1) is 17.2. The predicted molar refractivity (Wildman–Crippen MR) is 153 cm³/mol. The minimum Gasteiger partial charge on any atom is -0.465 e. The second-order valence-electron chi connectivity index (χ2n) is 8.11. The molecule has 0 fully saturated rings. The Bertz CT molecular complexity index is 1450. The Kier molecular flexibility index (Phi) is 8.00. The van der Waals surface area contributed by atoms with Crippen molar-refractivity contribution < 1.29 is 9.53 Å². The zero-order valence-electron chi connectivity index (χ0n) is 20.1. The van der Waals surface area contributed by atoms with Gasteiger partial charge < -0.3 is 15.4 Å². The fourth-order valence-corrected chi connectivity index (χ4v) is 5.78. The van der Waals surface area contributed by atoms with Crippen LogP contribution in [0, 0.1) is 20.8 Å². The van der Waals surface area contributed by atoms with Crippen LogP contribution < -0.4 is 10.6 Å². The van der Waals surface area contributed by atoms with Crippen LogP contribution in [0.15, 0.2) is 48.5 Å². The van der Waals surface area contributed by atoms with Gasteiger partial charge in [0.25, 0.3) is 0 Å². The monoisotopic (exact) mass is 558 g/mol. The highest BCUT2D eigenvalue weighted by Gasteiger charge is 2.25. The molecule has 0 aliphatic heterocycles.